The normalized spacial score (nSPS) is 12.9. The number of hydrogen-bond donors (Lipinski definition) is 2. The molecule has 74 valence electrons. The molecule has 0 amide bonds. The second kappa shape index (κ2) is 4.58. The number of aryl methyl sites for hydroxylation is 2. The molecule has 3 nitrogen and oxygen atoms in total. The summed E-state index contributed by atoms with van der Waals surface area (Å²) < 4.78 is 0. The first-order valence-electron chi connectivity index (χ1n) is 4.45. The summed E-state index contributed by atoms with van der Waals surface area (Å²) in [7, 11) is 0. The molecule has 0 saturated carbocycles. The van der Waals surface area contributed by atoms with E-state index in [9.17, 15) is 0 Å². The largest absolute Gasteiger partial charge is 0.396 e. The van der Waals surface area contributed by atoms with Gasteiger partial charge in [-0.2, -0.15) is 0 Å². The molecule has 0 aromatic carbocycles. The van der Waals surface area contributed by atoms with Gasteiger partial charge in [0.1, 0.15) is 0 Å². The van der Waals surface area contributed by atoms with E-state index < -0.39 is 0 Å². The molecule has 1 atom stereocenters. The van der Waals surface area contributed by atoms with Crippen molar-refractivity contribution >= 4 is 16.5 Å². The molecule has 0 spiro atoms. The number of nitrogens with zero attached hydrogens (tertiary/aromatic N) is 1. The molecule has 0 aliphatic rings. The van der Waals surface area contributed by atoms with E-state index in [4.69, 9.17) is 5.11 Å². The van der Waals surface area contributed by atoms with Gasteiger partial charge < -0.3 is 10.4 Å². The molecule has 1 aromatic heterocycles. The van der Waals surface area contributed by atoms with E-state index in [-0.39, 0.29) is 12.6 Å². The van der Waals surface area contributed by atoms with E-state index >= 15 is 0 Å². The molecule has 0 saturated heterocycles. The van der Waals surface area contributed by atoms with Crippen LogP contribution in [0.2, 0.25) is 0 Å². The van der Waals surface area contributed by atoms with Crippen LogP contribution in [0, 0.1) is 13.8 Å². The summed E-state index contributed by atoms with van der Waals surface area (Å²) in [6, 6.07) is 0.287. The van der Waals surface area contributed by atoms with Gasteiger partial charge in [-0.05, 0) is 27.2 Å². The third-order valence-corrected chi connectivity index (χ3v) is 2.96. The van der Waals surface area contributed by atoms with Gasteiger partial charge in [0.05, 0.1) is 5.69 Å². The highest BCUT2D eigenvalue weighted by atomic mass is 32.1. The van der Waals surface area contributed by atoms with Crippen LogP contribution in [-0.2, 0) is 0 Å². The molecule has 13 heavy (non-hydrogen) atoms. The van der Waals surface area contributed by atoms with Crippen molar-refractivity contribution in [2.45, 2.75) is 33.2 Å². The first kappa shape index (κ1) is 10.5. The number of aliphatic hydroxyl groups excluding tert-OH is 1. The smallest absolute Gasteiger partial charge is 0.183 e. The number of hydrogen-bond acceptors (Lipinski definition) is 4. The van der Waals surface area contributed by atoms with Crippen LogP contribution >= 0.6 is 11.3 Å². The standard InChI is InChI=1S/C9H16N2OS/c1-6(4-5-12)10-9-11-7(2)8(3)13-9/h6,12H,4-5H2,1-3H3,(H,10,11)/t6-/m1/s1. The van der Waals surface area contributed by atoms with Crippen molar-refractivity contribution in [1.29, 1.82) is 0 Å². The molecule has 1 rings (SSSR count). The van der Waals surface area contributed by atoms with Gasteiger partial charge in [0.15, 0.2) is 5.13 Å². The second-order valence-electron chi connectivity index (χ2n) is 3.22. The summed E-state index contributed by atoms with van der Waals surface area (Å²) in [4.78, 5) is 5.61. The van der Waals surface area contributed by atoms with Crippen molar-refractivity contribution in [2.75, 3.05) is 11.9 Å². The Morgan fingerprint density at radius 2 is 2.23 bits per heavy atom. The second-order valence-corrected chi connectivity index (χ2v) is 4.42. The molecule has 0 aliphatic carbocycles. The molecule has 0 aliphatic heterocycles. The predicted octanol–water partition coefficient (Wildman–Crippen LogP) is 1.94. The summed E-state index contributed by atoms with van der Waals surface area (Å²) in [5, 5.41) is 12.9. The van der Waals surface area contributed by atoms with E-state index in [0.29, 0.717) is 0 Å². The lowest BCUT2D eigenvalue weighted by Gasteiger charge is -2.10. The number of anilines is 1. The van der Waals surface area contributed by atoms with Crippen molar-refractivity contribution in [3.05, 3.63) is 10.6 Å². The molecule has 1 aromatic rings. The summed E-state index contributed by atoms with van der Waals surface area (Å²) in [6.45, 7) is 6.34. The minimum absolute atomic E-state index is 0.220. The molecular weight excluding hydrogens is 184 g/mol. The number of aromatic nitrogens is 1. The van der Waals surface area contributed by atoms with Gasteiger partial charge >= 0.3 is 0 Å². The van der Waals surface area contributed by atoms with Gasteiger partial charge in [0, 0.05) is 17.5 Å². The maximum Gasteiger partial charge on any atom is 0.183 e. The van der Waals surface area contributed by atoms with Gasteiger partial charge in [0.25, 0.3) is 0 Å². The average Bonchev–Trinajstić information content (AvgIpc) is 2.31. The molecule has 4 heteroatoms. The van der Waals surface area contributed by atoms with Gasteiger partial charge in [-0.25, -0.2) is 4.98 Å². The lowest BCUT2D eigenvalue weighted by atomic mass is 10.2. The number of nitrogens with one attached hydrogen (secondary N) is 1. The van der Waals surface area contributed by atoms with Crippen LogP contribution in [0.15, 0.2) is 0 Å². The van der Waals surface area contributed by atoms with E-state index in [1.807, 2.05) is 13.8 Å². The maximum atomic E-state index is 8.72. The predicted molar refractivity (Wildman–Crippen MR) is 56.4 cm³/mol. The fourth-order valence-electron chi connectivity index (χ4n) is 1.01. The van der Waals surface area contributed by atoms with Crippen LogP contribution in [0.5, 0.6) is 0 Å². The van der Waals surface area contributed by atoms with E-state index in [0.717, 1.165) is 17.2 Å². The molecule has 0 radical (unpaired) electrons. The Balaban J connectivity index is 2.53. The Kier molecular flexibility index (Phi) is 3.69. The minimum Gasteiger partial charge on any atom is -0.396 e. The fraction of sp³-hybridized carbons (Fsp3) is 0.667. The lowest BCUT2D eigenvalue weighted by Crippen LogP contribution is -2.16. The van der Waals surface area contributed by atoms with Gasteiger partial charge in [-0.1, -0.05) is 0 Å². The zero-order valence-electron chi connectivity index (χ0n) is 8.29. The third-order valence-electron chi connectivity index (χ3n) is 1.96. The molecule has 1 heterocycles. The van der Waals surface area contributed by atoms with Gasteiger partial charge in [0.2, 0.25) is 0 Å². The summed E-state index contributed by atoms with van der Waals surface area (Å²) in [5.74, 6) is 0. The zero-order valence-corrected chi connectivity index (χ0v) is 9.11. The van der Waals surface area contributed by atoms with Crippen LogP contribution in [0.25, 0.3) is 0 Å². The van der Waals surface area contributed by atoms with Crippen LogP contribution in [0.4, 0.5) is 5.13 Å². The third kappa shape index (κ3) is 2.97. The molecule has 0 unspecified atom stereocenters. The van der Waals surface area contributed by atoms with E-state index in [2.05, 4.69) is 17.2 Å². The Morgan fingerprint density at radius 1 is 1.54 bits per heavy atom. The monoisotopic (exact) mass is 200 g/mol. The molecule has 0 fully saturated rings. The summed E-state index contributed by atoms with van der Waals surface area (Å²) >= 11 is 1.66. The van der Waals surface area contributed by atoms with Crippen molar-refractivity contribution in [3.63, 3.8) is 0 Å². The van der Waals surface area contributed by atoms with Crippen LogP contribution in [-0.4, -0.2) is 22.7 Å². The average molecular weight is 200 g/mol. The van der Waals surface area contributed by atoms with E-state index in [1.165, 1.54) is 4.88 Å². The highest BCUT2D eigenvalue weighted by Crippen LogP contribution is 2.21. The SMILES string of the molecule is Cc1nc(N[C@H](C)CCO)sc1C. The van der Waals surface area contributed by atoms with Crippen molar-refractivity contribution in [1.82, 2.24) is 4.98 Å². The van der Waals surface area contributed by atoms with Crippen LogP contribution < -0.4 is 5.32 Å². The van der Waals surface area contributed by atoms with E-state index in [1.54, 1.807) is 11.3 Å². The van der Waals surface area contributed by atoms with Crippen molar-refractivity contribution in [3.8, 4) is 0 Å². The topological polar surface area (TPSA) is 45.2 Å². The lowest BCUT2D eigenvalue weighted by molar-refractivity contribution is 0.282. The fourth-order valence-corrected chi connectivity index (χ4v) is 1.94. The first-order chi connectivity index (χ1) is 6.13. The van der Waals surface area contributed by atoms with Crippen molar-refractivity contribution in [2.24, 2.45) is 0 Å². The van der Waals surface area contributed by atoms with Crippen LogP contribution in [0.3, 0.4) is 0 Å². The van der Waals surface area contributed by atoms with Crippen LogP contribution in [0.1, 0.15) is 23.9 Å². The zero-order chi connectivity index (χ0) is 9.84. The Morgan fingerprint density at radius 3 is 2.69 bits per heavy atom. The molecule has 0 bridgehead atoms. The highest BCUT2D eigenvalue weighted by molar-refractivity contribution is 7.15. The highest BCUT2D eigenvalue weighted by Gasteiger charge is 2.06. The Bertz CT molecular complexity index is 253. The number of rotatable bonds is 4. The Hall–Kier alpha value is -0.610. The number of thiazole rings is 1. The maximum absolute atomic E-state index is 8.72. The number of aliphatic hydroxyl groups is 1. The quantitative estimate of drug-likeness (QED) is 0.780. The molecular formula is C9H16N2OS. The van der Waals surface area contributed by atoms with Gasteiger partial charge in [-0.3, -0.25) is 0 Å². The Labute approximate surface area is 82.8 Å². The molecule has 2 N–H and O–H groups in total. The first-order valence-corrected chi connectivity index (χ1v) is 5.26. The minimum atomic E-state index is 0.220. The summed E-state index contributed by atoms with van der Waals surface area (Å²) in [5.41, 5.74) is 1.09. The van der Waals surface area contributed by atoms with Gasteiger partial charge in [-0.15, -0.1) is 11.3 Å². The van der Waals surface area contributed by atoms with Crippen molar-refractivity contribution < 1.29 is 5.11 Å². The summed E-state index contributed by atoms with van der Waals surface area (Å²) in [6.07, 6.45) is 0.762.